The zero-order valence-corrected chi connectivity index (χ0v) is 16.9. The highest BCUT2D eigenvalue weighted by molar-refractivity contribution is 6.13. The van der Waals surface area contributed by atoms with Crippen molar-refractivity contribution in [3.63, 3.8) is 0 Å². The molecule has 2 aromatic carbocycles. The van der Waals surface area contributed by atoms with E-state index in [4.69, 9.17) is 4.74 Å². The van der Waals surface area contributed by atoms with Crippen LogP contribution in [0.1, 0.15) is 27.3 Å². The molecule has 0 unspecified atom stereocenters. The Morgan fingerprint density at radius 1 is 1.03 bits per heavy atom. The molecule has 0 saturated carbocycles. The molecule has 0 aliphatic carbocycles. The monoisotopic (exact) mass is 386 g/mol. The molecule has 0 fully saturated rings. The standard InChI is InChI=1S/C23H22N4O2/c1-14-12-18(29-4)10-11-20(14)25-23(28)19-13-15(2)24-22-21(19)16(3)26-27(22)17-8-6-5-7-9-17/h5-13H,1-4H3,(H,25,28). The number of para-hydroxylation sites is 1. The summed E-state index contributed by atoms with van der Waals surface area (Å²) < 4.78 is 7.03. The summed E-state index contributed by atoms with van der Waals surface area (Å²) >= 11 is 0. The number of hydrogen-bond donors (Lipinski definition) is 1. The number of rotatable bonds is 4. The predicted molar refractivity (Wildman–Crippen MR) is 114 cm³/mol. The van der Waals surface area contributed by atoms with Crippen molar-refractivity contribution in [3.05, 3.63) is 77.1 Å². The Labute approximate surface area is 169 Å². The Morgan fingerprint density at radius 3 is 2.48 bits per heavy atom. The van der Waals surface area contributed by atoms with Gasteiger partial charge >= 0.3 is 0 Å². The van der Waals surface area contributed by atoms with E-state index in [-0.39, 0.29) is 5.91 Å². The lowest BCUT2D eigenvalue weighted by Crippen LogP contribution is -2.14. The lowest BCUT2D eigenvalue weighted by atomic mass is 10.1. The number of ether oxygens (including phenoxy) is 1. The minimum atomic E-state index is -0.190. The minimum absolute atomic E-state index is 0.190. The topological polar surface area (TPSA) is 69.0 Å². The number of benzene rings is 2. The van der Waals surface area contributed by atoms with Gasteiger partial charge in [0.25, 0.3) is 5.91 Å². The van der Waals surface area contributed by atoms with Gasteiger partial charge in [0.15, 0.2) is 5.65 Å². The van der Waals surface area contributed by atoms with Crippen LogP contribution in [0.2, 0.25) is 0 Å². The molecule has 0 aliphatic rings. The number of nitrogens with one attached hydrogen (secondary N) is 1. The minimum Gasteiger partial charge on any atom is -0.497 e. The van der Waals surface area contributed by atoms with Crippen molar-refractivity contribution in [1.29, 1.82) is 0 Å². The fourth-order valence-electron chi connectivity index (χ4n) is 3.44. The van der Waals surface area contributed by atoms with Crippen molar-refractivity contribution in [1.82, 2.24) is 14.8 Å². The molecule has 0 bridgehead atoms. The van der Waals surface area contributed by atoms with Gasteiger partial charge in [0.1, 0.15) is 5.75 Å². The summed E-state index contributed by atoms with van der Waals surface area (Å²) in [6, 6.07) is 17.2. The maximum Gasteiger partial charge on any atom is 0.256 e. The number of methoxy groups -OCH3 is 1. The Balaban J connectivity index is 1.80. The number of aryl methyl sites for hydroxylation is 3. The van der Waals surface area contributed by atoms with Crippen LogP contribution in [-0.2, 0) is 0 Å². The van der Waals surface area contributed by atoms with E-state index >= 15 is 0 Å². The fourth-order valence-corrected chi connectivity index (χ4v) is 3.44. The first-order valence-corrected chi connectivity index (χ1v) is 9.36. The average Bonchev–Trinajstić information content (AvgIpc) is 3.05. The lowest BCUT2D eigenvalue weighted by molar-refractivity contribution is 0.102. The number of amides is 1. The van der Waals surface area contributed by atoms with Gasteiger partial charge in [0.2, 0.25) is 0 Å². The molecule has 6 heteroatoms. The molecule has 6 nitrogen and oxygen atoms in total. The van der Waals surface area contributed by atoms with Crippen LogP contribution < -0.4 is 10.1 Å². The molecule has 4 aromatic rings. The van der Waals surface area contributed by atoms with E-state index in [2.05, 4.69) is 15.4 Å². The normalized spacial score (nSPS) is 10.9. The highest BCUT2D eigenvalue weighted by Gasteiger charge is 2.20. The molecule has 0 aliphatic heterocycles. The van der Waals surface area contributed by atoms with E-state index < -0.39 is 0 Å². The molecule has 4 rings (SSSR count). The zero-order chi connectivity index (χ0) is 20.5. The first-order chi connectivity index (χ1) is 14.0. The van der Waals surface area contributed by atoms with Crippen molar-refractivity contribution in [2.24, 2.45) is 0 Å². The van der Waals surface area contributed by atoms with E-state index in [1.807, 2.05) is 69.3 Å². The Hall–Kier alpha value is -3.67. The van der Waals surface area contributed by atoms with E-state index in [9.17, 15) is 4.79 Å². The molecular weight excluding hydrogens is 364 g/mol. The molecule has 29 heavy (non-hydrogen) atoms. The first kappa shape index (κ1) is 18.7. The molecule has 0 saturated heterocycles. The number of nitrogens with zero attached hydrogens (tertiary/aromatic N) is 3. The summed E-state index contributed by atoms with van der Waals surface area (Å²) in [6.45, 7) is 5.71. The van der Waals surface area contributed by atoms with Crippen LogP contribution >= 0.6 is 0 Å². The third-order valence-electron chi connectivity index (χ3n) is 4.87. The Kier molecular flexibility index (Phi) is 4.76. The van der Waals surface area contributed by atoms with Crippen molar-refractivity contribution in [3.8, 4) is 11.4 Å². The second-order valence-corrected chi connectivity index (χ2v) is 6.98. The van der Waals surface area contributed by atoms with Crippen molar-refractivity contribution >= 4 is 22.6 Å². The highest BCUT2D eigenvalue weighted by Crippen LogP contribution is 2.27. The number of hydrogen-bond acceptors (Lipinski definition) is 4. The van der Waals surface area contributed by atoms with Crippen molar-refractivity contribution in [2.75, 3.05) is 12.4 Å². The maximum absolute atomic E-state index is 13.2. The maximum atomic E-state index is 13.2. The number of carbonyl (C=O) groups excluding carboxylic acids is 1. The number of fused-ring (bicyclic) bond motifs is 1. The third kappa shape index (κ3) is 3.45. The molecule has 0 atom stereocenters. The Morgan fingerprint density at radius 2 is 1.79 bits per heavy atom. The van der Waals surface area contributed by atoms with Gasteiger partial charge < -0.3 is 10.1 Å². The van der Waals surface area contributed by atoms with Crippen molar-refractivity contribution < 1.29 is 9.53 Å². The van der Waals surface area contributed by atoms with E-state index in [1.165, 1.54) is 0 Å². The van der Waals surface area contributed by atoms with Crippen LogP contribution in [0, 0.1) is 20.8 Å². The van der Waals surface area contributed by atoms with Crippen LogP contribution in [0.15, 0.2) is 54.6 Å². The van der Waals surface area contributed by atoms with Crippen LogP contribution in [0.3, 0.4) is 0 Å². The second kappa shape index (κ2) is 7.39. The summed E-state index contributed by atoms with van der Waals surface area (Å²) in [5.74, 6) is 0.562. The predicted octanol–water partition coefficient (Wildman–Crippen LogP) is 4.61. The van der Waals surface area contributed by atoms with E-state index in [0.29, 0.717) is 11.2 Å². The lowest BCUT2D eigenvalue weighted by Gasteiger charge is -2.11. The molecule has 1 amide bonds. The van der Waals surface area contributed by atoms with Gasteiger partial charge in [0.05, 0.1) is 29.4 Å². The largest absolute Gasteiger partial charge is 0.497 e. The van der Waals surface area contributed by atoms with E-state index in [0.717, 1.165) is 39.5 Å². The van der Waals surface area contributed by atoms with Gasteiger partial charge in [-0.15, -0.1) is 0 Å². The van der Waals surface area contributed by atoms with Crippen LogP contribution in [-0.4, -0.2) is 27.8 Å². The summed E-state index contributed by atoms with van der Waals surface area (Å²) in [5, 5.41) is 8.42. The zero-order valence-electron chi connectivity index (χ0n) is 16.9. The molecule has 1 N–H and O–H groups in total. The van der Waals surface area contributed by atoms with Gasteiger partial charge in [-0.3, -0.25) is 4.79 Å². The van der Waals surface area contributed by atoms with Crippen LogP contribution in [0.5, 0.6) is 5.75 Å². The van der Waals surface area contributed by atoms with Gasteiger partial charge in [-0.05, 0) is 62.7 Å². The number of anilines is 1. The Bertz CT molecular complexity index is 1210. The number of aromatic nitrogens is 3. The summed E-state index contributed by atoms with van der Waals surface area (Å²) in [7, 11) is 1.62. The van der Waals surface area contributed by atoms with Gasteiger partial charge in [0, 0.05) is 11.4 Å². The van der Waals surface area contributed by atoms with Gasteiger partial charge in [-0.1, -0.05) is 18.2 Å². The quantitative estimate of drug-likeness (QED) is 0.556. The fraction of sp³-hybridized carbons (Fsp3) is 0.174. The smallest absolute Gasteiger partial charge is 0.256 e. The van der Waals surface area contributed by atoms with Gasteiger partial charge in [-0.25, -0.2) is 9.67 Å². The van der Waals surface area contributed by atoms with E-state index in [1.54, 1.807) is 17.9 Å². The second-order valence-electron chi connectivity index (χ2n) is 6.98. The summed E-state index contributed by atoms with van der Waals surface area (Å²) in [4.78, 5) is 17.8. The van der Waals surface area contributed by atoms with Crippen LogP contribution in [0.25, 0.3) is 16.7 Å². The molecule has 0 radical (unpaired) electrons. The molecule has 0 spiro atoms. The number of carbonyl (C=O) groups is 1. The summed E-state index contributed by atoms with van der Waals surface area (Å²) in [6.07, 6.45) is 0. The van der Waals surface area contributed by atoms with Crippen molar-refractivity contribution in [2.45, 2.75) is 20.8 Å². The molecule has 2 aromatic heterocycles. The van der Waals surface area contributed by atoms with Crippen LogP contribution in [0.4, 0.5) is 5.69 Å². The first-order valence-electron chi connectivity index (χ1n) is 9.36. The average molecular weight is 386 g/mol. The third-order valence-corrected chi connectivity index (χ3v) is 4.87. The molecule has 146 valence electrons. The molecular formula is C23H22N4O2. The summed E-state index contributed by atoms with van der Waals surface area (Å²) in [5.41, 5.74) is 5.32. The highest BCUT2D eigenvalue weighted by atomic mass is 16.5. The van der Waals surface area contributed by atoms with Gasteiger partial charge in [-0.2, -0.15) is 5.10 Å². The SMILES string of the molecule is COc1ccc(NC(=O)c2cc(C)nc3c2c(C)nn3-c2ccccc2)c(C)c1. The number of pyridine rings is 1. The molecule has 2 heterocycles.